The first-order valence-electron chi connectivity index (χ1n) is 7.38. The van der Waals surface area contributed by atoms with E-state index < -0.39 is 0 Å². The molecule has 1 saturated carbocycles. The third kappa shape index (κ3) is 5.32. The van der Waals surface area contributed by atoms with Gasteiger partial charge >= 0.3 is 5.97 Å². The molecule has 1 aromatic carbocycles. The van der Waals surface area contributed by atoms with E-state index in [0.717, 1.165) is 30.0 Å². The molecule has 5 heteroatoms. The molecule has 0 bridgehead atoms. The van der Waals surface area contributed by atoms with E-state index in [1.54, 1.807) is 23.9 Å². The minimum absolute atomic E-state index is 0.173. The van der Waals surface area contributed by atoms with Crippen LogP contribution in [0, 0.1) is 5.82 Å². The zero-order chi connectivity index (χ0) is 15.1. The van der Waals surface area contributed by atoms with Gasteiger partial charge in [-0.05, 0) is 37.1 Å². The molecule has 3 nitrogen and oxygen atoms in total. The second-order valence-corrected chi connectivity index (χ2v) is 6.46. The number of halogens is 1. The van der Waals surface area contributed by atoms with Gasteiger partial charge in [-0.2, -0.15) is 0 Å². The molecule has 0 radical (unpaired) electrons. The zero-order valence-corrected chi connectivity index (χ0v) is 13.2. The maximum absolute atomic E-state index is 12.9. The fourth-order valence-corrected chi connectivity index (χ4v) is 3.59. The summed E-state index contributed by atoms with van der Waals surface area (Å²) in [6.45, 7) is 1.22. The highest BCUT2D eigenvalue weighted by molar-refractivity contribution is 7.99. The molecule has 2 rings (SSSR count). The van der Waals surface area contributed by atoms with Crippen molar-refractivity contribution < 1.29 is 13.9 Å². The Morgan fingerprint density at radius 1 is 1.33 bits per heavy atom. The summed E-state index contributed by atoms with van der Waals surface area (Å²) in [5.74, 6) is 0.505. The first kappa shape index (κ1) is 16.3. The first-order valence-corrected chi connectivity index (χ1v) is 8.37. The fourth-order valence-electron chi connectivity index (χ4n) is 2.70. The Balaban J connectivity index is 1.83. The van der Waals surface area contributed by atoms with E-state index in [9.17, 15) is 9.18 Å². The van der Waals surface area contributed by atoms with Crippen LogP contribution < -0.4 is 0 Å². The van der Waals surface area contributed by atoms with Crippen molar-refractivity contribution in [3.05, 3.63) is 30.1 Å². The Kier molecular flexibility index (Phi) is 6.51. The number of carbonyl (C=O) groups excluding carboxylic acids is 1. The summed E-state index contributed by atoms with van der Waals surface area (Å²) < 4.78 is 17.6. The number of thioether (sulfide) groups is 1. The Morgan fingerprint density at radius 2 is 2.00 bits per heavy atom. The van der Waals surface area contributed by atoms with Crippen molar-refractivity contribution in [2.24, 2.45) is 0 Å². The van der Waals surface area contributed by atoms with E-state index in [0.29, 0.717) is 12.6 Å². The van der Waals surface area contributed by atoms with Gasteiger partial charge in [-0.15, -0.1) is 11.8 Å². The summed E-state index contributed by atoms with van der Waals surface area (Å²) in [4.78, 5) is 14.8. The Morgan fingerprint density at radius 3 is 2.62 bits per heavy atom. The van der Waals surface area contributed by atoms with Crippen LogP contribution in [0.25, 0.3) is 0 Å². The standard InChI is InChI=1S/C16H22FNO2S/c1-20-16(19)12-18(14-4-2-3-5-14)10-11-21-15-8-6-13(17)7-9-15/h6-9,14H,2-5,10-12H2,1H3. The summed E-state index contributed by atoms with van der Waals surface area (Å²) in [6.07, 6.45) is 4.82. The zero-order valence-electron chi connectivity index (χ0n) is 12.4. The fraction of sp³-hybridized carbons (Fsp3) is 0.562. The van der Waals surface area contributed by atoms with Crippen molar-refractivity contribution >= 4 is 17.7 Å². The van der Waals surface area contributed by atoms with Crippen LogP contribution in [-0.2, 0) is 9.53 Å². The molecule has 1 aromatic rings. The second-order valence-electron chi connectivity index (χ2n) is 5.29. The topological polar surface area (TPSA) is 29.5 Å². The third-order valence-electron chi connectivity index (χ3n) is 3.86. The van der Waals surface area contributed by atoms with Crippen LogP contribution in [0.2, 0.25) is 0 Å². The predicted octanol–water partition coefficient (Wildman–Crippen LogP) is 3.34. The van der Waals surface area contributed by atoms with Gasteiger partial charge in [0.1, 0.15) is 5.82 Å². The highest BCUT2D eigenvalue weighted by Gasteiger charge is 2.24. The van der Waals surface area contributed by atoms with Crippen LogP contribution in [0.4, 0.5) is 4.39 Å². The maximum Gasteiger partial charge on any atom is 0.319 e. The van der Waals surface area contributed by atoms with Crippen molar-refractivity contribution in [3.63, 3.8) is 0 Å². The molecular weight excluding hydrogens is 289 g/mol. The van der Waals surface area contributed by atoms with E-state index >= 15 is 0 Å². The van der Waals surface area contributed by atoms with Crippen LogP contribution in [-0.4, -0.2) is 42.9 Å². The molecule has 0 spiro atoms. The lowest BCUT2D eigenvalue weighted by Gasteiger charge is -2.27. The molecular formula is C16H22FNO2S. The number of hydrogen-bond donors (Lipinski definition) is 0. The Hall–Kier alpha value is -1.07. The molecule has 0 saturated heterocycles. The molecule has 1 aliphatic carbocycles. The molecule has 21 heavy (non-hydrogen) atoms. The van der Waals surface area contributed by atoms with Gasteiger partial charge in [0.2, 0.25) is 0 Å². The summed E-state index contributed by atoms with van der Waals surface area (Å²) >= 11 is 1.69. The molecule has 1 aliphatic rings. The number of benzene rings is 1. The SMILES string of the molecule is COC(=O)CN(CCSc1ccc(F)cc1)C1CCCC1. The number of rotatable bonds is 7. The number of nitrogens with zero attached hydrogens (tertiary/aromatic N) is 1. The summed E-state index contributed by atoms with van der Waals surface area (Å²) in [6, 6.07) is 7.04. The molecule has 1 fully saturated rings. The van der Waals surface area contributed by atoms with Gasteiger partial charge in [0.25, 0.3) is 0 Å². The average Bonchev–Trinajstić information content (AvgIpc) is 3.02. The number of hydrogen-bond acceptors (Lipinski definition) is 4. The van der Waals surface area contributed by atoms with Gasteiger partial charge in [-0.3, -0.25) is 9.69 Å². The maximum atomic E-state index is 12.9. The summed E-state index contributed by atoms with van der Waals surface area (Å²) in [5, 5.41) is 0. The lowest BCUT2D eigenvalue weighted by atomic mass is 10.2. The van der Waals surface area contributed by atoms with Crippen molar-refractivity contribution in [1.82, 2.24) is 4.90 Å². The number of methoxy groups -OCH3 is 1. The lowest BCUT2D eigenvalue weighted by Crippen LogP contribution is -2.39. The van der Waals surface area contributed by atoms with E-state index in [1.807, 2.05) is 0 Å². The largest absolute Gasteiger partial charge is 0.468 e. The first-order chi connectivity index (χ1) is 10.2. The molecule has 0 aromatic heterocycles. The highest BCUT2D eigenvalue weighted by Crippen LogP contribution is 2.25. The monoisotopic (exact) mass is 311 g/mol. The molecule has 0 unspecified atom stereocenters. The summed E-state index contributed by atoms with van der Waals surface area (Å²) in [7, 11) is 1.43. The van der Waals surface area contributed by atoms with Gasteiger partial charge in [0.15, 0.2) is 0 Å². The van der Waals surface area contributed by atoms with Crippen molar-refractivity contribution in [2.75, 3.05) is 26.0 Å². The van der Waals surface area contributed by atoms with Crippen LogP contribution in [0.5, 0.6) is 0 Å². The van der Waals surface area contributed by atoms with Crippen LogP contribution in [0.3, 0.4) is 0 Å². The Bertz CT molecular complexity index is 446. The van der Waals surface area contributed by atoms with E-state index in [-0.39, 0.29) is 11.8 Å². The second kappa shape index (κ2) is 8.39. The minimum atomic E-state index is -0.211. The smallest absolute Gasteiger partial charge is 0.319 e. The quantitative estimate of drug-likeness (QED) is 0.570. The average molecular weight is 311 g/mol. The minimum Gasteiger partial charge on any atom is -0.468 e. The molecule has 0 atom stereocenters. The third-order valence-corrected chi connectivity index (χ3v) is 4.85. The van der Waals surface area contributed by atoms with Gasteiger partial charge in [-0.1, -0.05) is 12.8 Å². The number of ether oxygens (including phenoxy) is 1. The Labute approximate surface area is 129 Å². The van der Waals surface area contributed by atoms with Gasteiger partial charge in [0, 0.05) is 23.2 Å². The molecule has 0 amide bonds. The van der Waals surface area contributed by atoms with Gasteiger partial charge in [-0.25, -0.2) is 4.39 Å². The highest BCUT2D eigenvalue weighted by atomic mass is 32.2. The van der Waals surface area contributed by atoms with Gasteiger partial charge in [0.05, 0.1) is 13.7 Å². The van der Waals surface area contributed by atoms with Crippen molar-refractivity contribution in [1.29, 1.82) is 0 Å². The number of esters is 1. The lowest BCUT2D eigenvalue weighted by molar-refractivity contribution is -0.142. The van der Waals surface area contributed by atoms with Crippen LogP contribution in [0.1, 0.15) is 25.7 Å². The predicted molar refractivity (Wildman–Crippen MR) is 83.0 cm³/mol. The van der Waals surface area contributed by atoms with E-state index in [4.69, 9.17) is 4.74 Å². The van der Waals surface area contributed by atoms with E-state index in [1.165, 1.54) is 32.1 Å². The van der Waals surface area contributed by atoms with Crippen LogP contribution in [0.15, 0.2) is 29.2 Å². The molecule has 0 aliphatic heterocycles. The van der Waals surface area contributed by atoms with Gasteiger partial charge < -0.3 is 4.74 Å². The normalized spacial score (nSPS) is 15.6. The summed E-state index contributed by atoms with van der Waals surface area (Å²) in [5.41, 5.74) is 0. The van der Waals surface area contributed by atoms with Crippen LogP contribution >= 0.6 is 11.8 Å². The van der Waals surface area contributed by atoms with Crippen molar-refractivity contribution in [2.45, 2.75) is 36.6 Å². The molecule has 116 valence electrons. The molecule has 0 N–H and O–H groups in total. The van der Waals surface area contributed by atoms with Crippen molar-refractivity contribution in [3.8, 4) is 0 Å². The molecule has 0 heterocycles. The van der Waals surface area contributed by atoms with E-state index in [2.05, 4.69) is 4.90 Å². The number of carbonyl (C=O) groups is 1.